The highest BCUT2D eigenvalue weighted by molar-refractivity contribution is 5.82. The van der Waals surface area contributed by atoms with Gasteiger partial charge in [-0.2, -0.15) is 0 Å². The molecule has 0 spiro atoms. The largest absolute Gasteiger partial charge is 0.481 e. The molecule has 0 aromatic heterocycles. The van der Waals surface area contributed by atoms with Crippen molar-refractivity contribution in [3.05, 3.63) is 0 Å². The van der Waals surface area contributed by atoms with Crippen molar-refractivity contribution in [3.63, 3.8) is 0 Å². The standard InChI is InChI=1S/C12H22N2O3/c1-9(5-4-7-11(15)16)14-12(17)10-6-2-3-8-13-10/h9-10,13H,2-8H2,1H3,(H,14,17)(H,15,16)/t9?,10-/m1/s1. The molecule has 1 heterocycles. The molecule has 0 radical (unpaired) electrons. The molecule has 0 aromatic carbocycles. The van der Waals surface area contributed by atoms with Crippen molar-refractivity contribution in [2.75, 3.05) is 6.54 Å². The Morgan fingerprint density at radius 1 is 1.47 bits per heavy atom. The average molecular weight is 242 g/mol. The van der Waals surface area contributed by atoms with E-state index >= 15 is 0 Å². The number of rotatable bonds is 6. The predicted molar refractivity (Wildman–Crippen MR) is 64.7 cm³/mol. The summed E-state index contributed by atoms with van der Waals surface area (Å²) < 4.78 is 0. The van der Waals surface area contributed by atoms with Gasteiger partial charge in [-0.05, 0) is 39.2 Å². The number of carbonyl (C=O) groups is 2. The van der Waals surface area contributed by atoms with Crippen LogP contribution in [0.4, 0.5) is 0 Å². The van der Waals surface area contributed by atoms with E-state index in [1.165, 1.54) is 0 Å². The number of nitrogens with one attached hydrogen (secondary N) is 2. The van der Waals surface area contributed by atoms with Crippen molar-refractivity contribution in [2.24, 2.45) is 0 Å². The lowest BCUT2D eigenvalue weighted by atomic mass is 10.0. The fourth-order valence-electron chi connectivity index (χ4n) is 2.05. The third kappa shape index (κ3) is 5.68. The number of carboxylic acids is 1. The zero-order chi connectivity index (χ0) is 12.7. The number of amides is 1. The Kier molecular flexibility index (Phi) is 5.97. The van der Waals surface area contributed by atoms with Crippen LogP contribution >= 0.6 is 0 Å². The molecule has 5 heteroatoms. The zero-order valence-electron chi connectivity index (χ0n) is 10.4. The first-order valence-electron chi connectivity index (χ1n) is 6.35. The molecule has 17 heavy (non-hydrogen) atoms. The lowest BCUT2D eigenvalue weighted by Gasteiger charge is -2.24. The molecule has 0 aromatic rings. The Balaban J connectivity index is 2.18. The number of aliphatic carboxylic acids is 1. The van der Waals surface area contributed by atoms with E-state index in [0.717, 1.165) is 25.8 Å². The highest BCUT2D eigenvalue weighted by atomic mass is 16.4. The predicted octanol–water partition coefficient (Wildman–Crippen LogP) is 0.888. The van der Waals surface area contributed by atoms with Gasteiger partial charge in [-0.3, -0.25) is 9.59 Å². The SMILES string of the molecule is CC(CCCC(=O)O)NC(=O)[C@H]1CCCCN1. The van der Waals surface area contributed by atoms with Crippen LogP contribution in [0.15, 0.2) is 0 Å². The lowest BCUT2D eigenvalue weighted by molar-refractivity contribution is -0.137. The van der Waals surface area contributed by atoms with Crippen LogP contribution in [0.1, 0.15) is 45.4 Å². The molecule has 5 nitrogen and oxygen atoms in total. The van der Waals surface area contributed by atoms with Crippen molar-refractivity contribution >= 4 is 11.9 Å². The fourth-order valence-corrected chi connectivity index (χ4v) is 2.05. The number of piperidine rings is 1. The second kappa shape index (κ2) is 7.27. The molecule has 3 N–H and O–H groups in total. The van der Waals surface area contributed by atoms with Crippen LogP contribution in [0.2, 0.25) is 0 Å². The highest BCUT2D eigenvalue weighted by Crippen LogP contribution is 2.08. The molecule has 1 saturated heterocycles. The van der Waals surface area contributed by atoms with Crippen LogP contribution in [-0.4, -0.2) is 35.6 Å². The molecule has 1 unspecified atom stereocenters. The van der Waals surface area contributed by atoms with Gasteiger partial charge in [-0.15, -0.1) is 0 Å². The molecule has 2 atom stereocenters. The summed E-state index contributed by atoms with van der Waals surface area (Å²) in [6, 6.07) is -0.0174. The summed E-state index contributed by atoms with van der Waals surface area (Å²) >= 11 is 0. The summed E-state index contributed by atoms with van der Waals surface area (Å²) in [5.74, 6) is -0.731. The van der Waals surface area contributed by atoms with Gasteiger partial charge in [-0.1, -0.05) is 6.42 Å². The van der Waals surface area contributed by atoms with E-state index in [1.54, 1.807) is 0 Å². The number of hydrogen-bond donors (Lipinski definition) is 3. The Hall–Kier alpha value is -1.10. The molecular formula is C12H22N2O3. The molecular weight excluding hydrogens is 220 g/mol. The van der Waals surface area contributed by atoms with Gasteiger partial charge >= 0.3 is 5.97 Å². The smallest absolute Gasteiger partial charge is 0.303 e. The monoisotopic (exact) mass is 242 g/mol. The van der Waals surface area contributed by atoms with Crippen molar-refractivity contribution in [1.29, 1.82) is 0 Å². The van der Waals surface area contributed by atoms with Crippen LogP contribution in [0.25, 0.3) is 0 Å². The summed E-state index contributed by atoms with van der Waals surface area (Å²) in [5.41, 5.74) is 0. The molecule has 1 fully saturated rings. The Bertz CT molecular complexity index is 262. The van der Waals surface area contributed by atoms with E-state index in [0.29, 0.717) is 12.8 Å². The summed E-state index contributed by atoms with van der Waals surface area (Å²) in [5, 5.41) is 14.6. The van der Waals surface area contributed by atoms with Gasteiger partial charge < -0.3 is 15.7 Å². The molecule has 0 saturated carbocycles. The molecule has 1 aliphatic rings. The number of hydrogen-bond acceptors (Lipinski definition) is 3. The first kappa shape index (κ1) is 14.0. The van der Waals surface area contributed by atoms with Gasteiger partial charge in [0.05, 0.1) is 6.04 Å². The summed E-state index contributed by atoms with van der Waals surface area (Å²) in [6.07, 6.45) is 4.62. The third-order valence-electron chi connectivity index (χ3n) is 3.04. The molecule has 1 rings (SSSR count). The van der Waals surface area contributed by atoms with Gasteiger partial charge in [0, 0.05) is 12.5 Å². The quantitative estimate of drug-likeness (QED) is 0.646. The normalized spacial score (nSPS) is 21.8. The first-order chi connectivity index (χ1) is 8.09. The van der Waals surface area contributed by atoms with E-state index in [9.17, 15) is 9.59 Å². The maximum absolute atomic E-state index is 11.8. The minimum Gasteiger partial charge on any atom is -0.481 e. The number of carboxylic acid groups (broad SMARTS) is 1. The minimum absolute atomic E-state index is 0.0468. The second-order valence-electron chi connectivity index (χ2n) is 4.70. The maximum atomic E-state index is 11.8. The molecule has 1 aliphatic heterocycles. The van der Waals surface area contributed by atoms with Crippen molar-refractivity contribution < 1.29 is 14.7 Å². The van der Waals surface area contributed by atoms with E-state index in [1.807, 2.05) is 6.92 Å². The zero-order valence-corrected chi connectivity index (χ0v) is 10.4. The van der Waals surface area contributed by atoms with E-state index in [2.05, 4.69) is 10.6 Å². The van der Waals surface area contributed by atoms with Gasteiger partial charge in [0.25, 0.3) is 0 Å². The Morgan fingerprint density at radius 3 is 2.82 bits per heavy atom. The maximum Gasteiger partial charge on any atom is 0.303 e. The topological polar surface area (TPSA) is 78.4 Å². The van der Waals surface area contributed by atoms with Gasteiger partial charge in [0.2, 0.25) is 5.91 Å². The summed E-state index contributed by atoms with van der Waals surface area (Å²) in [4.78, 5) is 22.2. The third-order valence-corrected chi connectivity index (χ3v) is 3.04. The van der Waals surface area contributed by atoms with Crippen LogP contribution < -0.4 is 10.6 Å². The first-order valence-corrected chi connectivity index (χ1v) is 6.35. The molecule has 0 aliphatic carbocycles. The fraction of sp³-hybridized carbons (Fsp3) is 0.833. The van der Waals surface area contributed by atoms with E-state index in [-0.39, 0.29) is 24.4 Å². The van der Waals surface area contributed by atoms with Crippen molar-refractivity contribution in [3.8, 4) is 0 Å². The van der Waals surface area contributed by atoms with E-state index in [4.69, 9.17) is 5.11 Å². The Labute approximate surface area is 102 Å². The van der Waals surface area contributed by atoms with Gasteiger partial charge in [-0.25, -0.2) is 0 Å². The molecule has 98 valence electrons. The van der Waals surface area contributed by atoms with Crippen LogP contribution in [0.5, 0.6) is 0 Å². The summed E-state index contributed by atoms with van der Waals surface area (Å²) in [7, 11) is 0. The molecule has 1 amide bonds. The second-order valence-corrected chi connectivity index (χ2v) is 4.70. The van der Waals surface area contributed by atoms with Gasteiger partial charge in [0.1, 0.15) is 0 Å². The molecule has 0 bridgehead atoms. The average Bonchev–Trinajstić information content (AvgIpc) is 2.29. The van der Waals surface area contributed by atoms with Gasteiger partial charge in [0.15, 0.2) is 0 Å². The van der Waals surface area contributed by atoms with Crippen LogP contribution in [-0.2, 0) is 9.59 Å². The van der Waals surface area contributed by atoms with E-state index < -0.39 is 5.97 Å². The van der Waals surface area contributed by atoms with Crippen LogP contribution in [0.3, 0.4) is 0 Å². The number of carbonyl (C=O) groups excluding carboxylic acids is 1. The summed E-state index contributed by atoms with van der Waals surface area (Å²) in [6.45, 7) is 2.83. The minimum atomic E-state index is -0.780. The van der Waals surface area contributed by atoms with Crippen molar-refractivity contribution in [2.45, 2.75) is 57.5 Å². The Morgan fingerprint density at radius 2 is 2.24 bits per heavy atom. The highest BCUT2D eigenvalue weighted by Gasteiger charge is 2.21. The lowest BCUT2D eigenvalue weighted by Crippen LogP contribution is -2.48. The van der Waals surface area contributed by atoms with Crippen LogP contribution in [0, 0.1) is 0 Å². The van der Waals surface area contributed by atoms with Crippen molar-refractivity contribution in [1.82, 2.24) is 10.6 Å².